The summed E-state index contributed by atoms with van der Waals surface area (Å²) in [4.78, 5) is 0. The minimum atomic E-state index is -0.214. The zero-order valence-electron chi connectivity index (χ0n) is 11.0. The molecule has 1 aromatic heterocycles. The third-order valence-corrected chi connectivity index (χ3v) is 3.72. The van der Waals surface area contributed by atoms with E-state index in [1.807, 2.05) is 16.9 Å². The predicted molar refractivity (Wildman–Crippen MR) is 68.9 cm³/mol. The van der Waals surface area contributed by atoms with Gasteiger partial charge in [-0.2, -0.15) is 5.10 Å². The first-order valence-electron chi connectivity index (χ1n) is 6.87. The van der Waals surface area contributed by atoms with Gasteiger partial charge < -0.3 is 5.11 Å². The smallest absolute Gasteiger partial charge is 0.0650 e. The van der Waals surface area contributed by atoms with Gasteiger partial charge in [0.2, 0.25) is 0 Å². The van der Waals surface area contributed by atoms with Crippen LogP contribution in [0.2, 0.25) is 0 Å². The van der Waals surface area contributed by atoms with Crippen molar-refractivity contribution in [3.8, 4) is 0 Å². The number of aliphatic hydroxyl groups is 1. The number of hydrogen-bond donors (Lipinski definition) is 1. The first kappa shape index (κ1) is 12.6. The van der Waals surface area contributed by atoms with E-state index in [0.29, 0.717) is 12.5 Å². The molecule has 1 fully saturated rings. The Morgan fingerprint density at radius 1 is 1.41 bits per heavy atom. The molecule has 1 unspecified atom stereocenters. The van der Waals surface area contributed by atoms with Crippen molar-refractivity contribution in [2.45, 2.75) is 64.5 Å². The molecule has 1 aliphatic carbocycles. The van der Waals surface area contributed by atoms with Gasteiger partial charge in [-0.15, -0.1) is 0 Å². The molecule has 0 amide bonds. The molecular formula is C14H24N2O. The first-order chi connectivity index (χ1) is 8.15. The van der Waals surface area contributed by atoms with Crippen LogP contribution in [0.1, 0.15) is 57.7 Å². The van der Waals surface area contributed by atoms with E-state index in [9.17, 15) is 5.11 Å². The molecular weight excluding hydrogens is 212 g/mol. The van der Waals surface area contributed by atoms with Gasteiger partial charge in [0.15, 0.2) is 0 Å². The van der Waals surface area contributed by atoms with E-state index in [-0.39, 0.29) is 6.10 Å². The van der Waals surface area contributed by atoms with Crippen LogP contribution < -0.4 is 0 Å². The van der Waals surface area contributed by atoms with Crippen LogP contribution in [-0.2, 0) is 6.42 Å². The lowest BCUT2D eigenvalue weighted by molar-refractivity contribution is 0.142. The van der Waals surface area contributed by atoms with Crippen LogP contribution >= 0.6 is 0 Å². The molecule has 1 atom stereocenters. The highest BCUT2D eigenvalue weighted by Gasteiger charge is 2.19. The Labute approximate surface area is 104 Å². The van der Waals surface area contributed by atoms with Crippen molar-refractivity contribution in [3.05, 3.63) is 18.0 Å². The highest BCUT2D eigenvalue weighted by molar-refractivity contribution is 5.01. The van der Waals surface area contributed by atoms with Crippen LogP contribution in [0.4, 0.5) is 0 Å². The monoisotopic (exact) mass is 236 g/mol. The maximum atomic E-state index is 10.1. The first-order valence-corrected chi connectivity index (χ1v) is 6.87. The van der Waals surface area contributed by atoms with E-state index >= 15 is 0 Å². The average molecular weight is 236 g/mol. The maximum absolute atomic E-state index is 10.1. The summed E-state index contributed by atoms with van der Waals surface area (Å²) < 4.78 is 1.96. The van der Waals surface area contributed by atoms with E-state index in [4.69, 9.17) is 0 Å². The number of rotatable bonds is 5. The van der Waals surface area contributed by atoms with Gasteiger partial charge in [-0.05, 0) is 32.3 Å². The van der Waals surface area contributed by atoms with Gasteiger partial charge in [-0.3, -0.25) is 4.68 Å². The lowest BCUT2D eigenvalue weighted by atomic mass is 9.98. The predicted octanol–water partition coefficient (Wildman–Crippen LogP) is 2.95. The molecule has 0 aromatic carbocycles. The Kier molecular flexibility index (Phi) is 4.21. The highest BCUT2D eigenvalue weighted by atomic mass is 16.3. The van der Waals surface area contributed by atoms with Crippen molar-refractivity contribution in [3.63, 3.8) is 0 Å². The second-order valence-corrected chi connectivity index (χ2v) is 5.62. The molecule has 1 saturated carbocycles. The molecule has 0 bridgehead atoms. The number of nitrogens with zero attached hydrogens (tertiary/aromatic N) is 2. The second-order valence-electron chi connectivity index (χ2n) is 5.62. The molecule has 17 heavy (non-hydrogen) atoms. The molecule has 3 nitrogen and oxygen atoms in total. The second kappa shape index (κ2) is 5.67. The van der Waals surface area contributed by atoms with Crippen LogP contribution in [0.25, 0.3) is 0 Å². The summed E-state index contributed by atoms with van der Waals surface area (Å²) in [6.07, 6.45) is 8.74. The van der Waals surface area contributed by atoms with E-state index < -0.39 is 0 Å². The Bertz CT molecular complexity index is 340. The normalized spacial score (nSPS) is 19.1. The molecule has 1 aliphatic rings. The molecule has 1 heterocycles. The van der Waals surface area contributed by atoms with Crippen molar-refractivity contribution in [1.29, 1.82) is 0 Å². The zero-order valence-corrected chi connectivity index (χ0v) is 11.0. The third kappa shape index (κ3) is 3.56. The summed E-state index contributed by atoms with van der Waals surface area (Å²) in [6.45, 7) is 4.23. The van der Waals surface area contributed by atoms with Crippen LogP contribution in [-0.4, -0.2) is 21.0 Å². The molecule has 0 radical (unpaired) electrons. The van der Waals surface area contributed by atoms with Gasteiger partial charge in [0.25, 0.3) is 0 Å². The molecule has 2 rings (SSSR count). The topological polar surface area (TPSA) is 38.0 Å². The van der Waals surface area contributed by atoms with E-state index in [1.165, 1.54) is 25.7 Å². The van der Waals surface area contributed by atoms with Gasteiger partial charge in [0.05, 0.1) is 11.8 Å². The molecule has 0 aliphatic heterocycles. The Balaban J connectivity index is 1.82. The summed E-state index contributed by atoms with van der Waals surface area (Å²) in [7, 11) is 0. The van der Waals surface area contributed by atoms with Crippen molar-refractivity contribution < 1.29 is 5.11 Å². The minimum absolute atomic E-state index is 0.214. The fourth-order valence-electron chi connectivity index (χ4n) is 2.73. The lowest BCUT2D eigenvalue weighted by Gasteiger charge is -2.14. The van der Waals surface area contributed by atoms with Crippen molar-refractivity contribution in [2.75, 3.05) is 0 Å². The SMILES string of the molecule is CC(C)n1ccc(CC(O)CC2CCCC2)n1. The fraction of sp³-hybridized carbons (Fsp3) is 0.786. The molecule has 0 spiro atoms. The minimum Gasteiger partial charge on any atom is -0.393 e. The third-order valence-electron chi connectivity index (χ3n) is 3.72. The number of aromatic nitrogens is 2. The lowest BCUT2D eigenvalue weighted by Crippen LogP contribution is -2.15. The van der Waals surface area contributed by atoms with E-state index in [0.717, 1.165) is 18.0 Å². The summed E-state index contributed by atoms with van der Waals surface area (Å²) in [5.41, 5.74) is 1.02. The average Bonchev–Trinajstić information content (AvgIpc) is 2.88. The summed E-state index contributed by atoms with van der Waals surface area (Å²) in [5, 5.41) is 14.5. The number of hydrogen-bond acceptors (Lipinski definition) is 2. The van der Waals surface area contributed by atoms with Crippen LogP contribution in [0.5, 0.6) is 0 Å². The summed E-state index contributed by atoms with van der Waals surface area (Å²) in [5.74, 6) is 0.747. The van der Waals surface area contributed by atoms with Gasteiger partial charge in [-0.25, -0.2) is 0 Å². The molecule has 1 aromatic rings. The Morgan fingerprint density at radius 2 is 2.12 bits per heavy atom. The Hall–Kier alpha value is -0.830. The van der Waals surface area contributed by atoms with Gasteiger partial charge in [0.1, 0.15) is 0 Å². The number of aliphatic hydroxyl groups excluding tert-OH is 1. The van der Waals surface area contributed by atoms with Crippen LogP contribution in [0, 0.1) is 5.92 Å². The highest BCUT2D eigenvalue weighted by Crippen LogP contribution is 2.29. The van der Waals surface area contributed by atoms with Gasteiger partial charge in [-0.1, -0.05) is 25.7 Å². The summed E-state index contributed by atoms with van der Waals surface area (Å²) in [6, 6.07) is 2.42. The quantitative estimate of drug-likeness (QED) is 0.853. The van der Waals surface area contributed by atoms with Gasteiger partial charge in [0, 0.05) is 18.7 Å². The van der Waals surface area contributed by atoms with E-state index in [1.54, 1.807) is 0 Å². The fourth-order valence-corrected chi connectivity index (χ4v) is 2.73. The van der Waals surface area contributed by atoms with Gasteiger partial charge >= 0.3 is 0 Å². The molecule has 1 N–H and O–H groups in total. The Morgan fingerprint density at radius 3 is 2.71 bits per heavy atom. The zero-order chi connectivity index (χ0) is 12.3. The molecule has 3 heteroatoms. The van der Waals surface area contributed by atoms with Crippen LogP contribution in [0.3, 0.4) is 0 Å². The largest absolute Gasteiger partial charge is 0.393 e. The van der Waals surface area contributed by atoms with Crippen molar-refractivity contribution in [1.82, 2.24) is 9.78 Å². The molecule has 96 valence electrons. The summed E-state index contributed by atoms with van der Waals surface area (Å²) >= 11 is 0. The van der Waals surface area contributed by atoms with Crippen molar-refractivity contribution in [2.24, 2.45) is 5.92 Å². The van der Waals surface area contributed by atoms with E-state index in [2.05, 4.69) is 18.9 Å². The van der Waals surface area contributed by atoms with Crippen LogP contribution in [0.15, 0.2) is 12.3 Å². The molecule has 0 saturated heterocycles. The standard InChI is InChI=1S/C14H24N2O/c1-11(2)16-8-7-13(15-16)10-14(17)9-12-5-3-4-6-12/h7-8,11-12,14,17H,3-6,9-10H2,1-2H3. The maximum Gasteiger partial charge on any atom is 0.0650 e. The van der Waals surface area contributed by atoms with Crippen molar-refractivity contribution >= 4 is 0 Å².